The molecule has 1 aliphatic heterocycles. The van der Waals surface area contributed by atoms with E-state index in [1.54, 1.807) is 7.11 Å². The maximum absolute atomic E-state index is 5.24. The molecule has 0 bridgehead atoms. The van der Waals surface area contributed by atoms with Gasteiger partial charge < -0.3 is 10.1 Å². The van der Waals surface area contributed by atoms with Gasteiger partial charge in [-0.3, -0.25) is 0 Å². The average molecular weight is 233 g/mol. The minimum absolute atomic E-state index is 0.946. The van der Waals surface area contributed by atoms with Crippen LogP contribution in [0.5, 0.6) is 5.75 Å². The summed E-state index contributed by atoms with van der Waals surface area (Å²) in [6.07, 6.45) is 6.58. The number of rotatable bonds is 5. The van der Waals surface area contributed by atoms with Crippen LogP contribution in [0.4, 0.5) is 0 Å². The lowest BCUT2D eigenvalue weighted by atomic mass is 9.91. The number of methoxy groups -OCH3 is 1. The molecule has 1 N–H and O–H groups in total. The first-order chi connectivity index (χ1) is 8.38. The van der Waals surface area contributed by atoms with Gasteiger partial charge in [-0.2, -0.15) is 0 Å². The predicted octanol–water partition coefficient (Wildman–Crippen LogP) is 3.02. The van der Waals surface area contributed by atoms with Crippen molar-refractivity contribution in [3.63, 3.8) is 0 Å². The highest BCUT2D eigenvalue weighted by atomic mass is 16.5. The molecule has 0 radical (unpaired) electrons. The Morgan fingerprint density at radius 1 is 1.29 bits per heavy atom. The van der Waals surface area contributed by atoms with E-state index >= 15 is 0 Å². The number of hydrogen-bond donors (Lipinski definition) is 1. The van der Waals surface area contributed by atoms with Crippen LogP contribution < -0.4 is 10.1 Å². The molecule has 1 aromatic rings. The summed E-state index contributed by atoms with van der Waals surface area (Å²) in [5.74, 6) is 1.92. The molecule has 0 atom stereocenters. The van der Waals surface area contributed by atoms with Crippen LogP contribution in [0.1, 0.15) is 31.2 Å². The second-order valence-corrected chi connectivity index (χ2v) is 4.94. The van der Waals surface area contributed by atoms with Crippen molar-refractivity contribution >= 4 is 0 Å². The molecule has 0 amide bonds. The molecule has 2 rings (SSSR count). The smallest absolute Gasteiger partial charge is 0.119 e. The van der Waals surface area contributed by atoms with Crippen molar-refractivity contribution in [3.8, 4) is 5.75 Å². The first kappa shape index (κ1) is 12.4. The van der Waals surface area contributed by atoms with Gasteiger partial charge in [-0.25, -0.2) is 0 Å². The fourth-order valence-electron chi connectivity index (χ4n) is 2.59. The van der Waals surface area contributed by atoms with E-state index in [1.165, 1.54) is 50.8 Å². The molecule has 0 unspecified atom stereocenters. The van der Waals surface area contributed by atoms with Gasteiger partial charge in [0, 0.05) is 0 Å². The fourth-order valence-corrected chi connectivity index (χ4v) is 2.59. The van der Waals surface area contributed by atoms with Crippen LogP contribution in [-0.4, -0.2) is 20.2 Å². The molecule has 17 heavy (non-hydrogen) atoms. The third-order valence-corrected chi connectivity index (χ3v) is 3.67. The number of piperidine rings is 1. The van der Waals surface area contributed by atoms with E-state index in [4.69, 9.17) is 4.74 Å². The van der Waals surface area contributed by atoms with Crippen LogP contribution in [0, 0.1) is 5.92 Å². The van der Waals surface area contributed by atoms with Gasteiger partial charge in [0.1, 0.15) is 5.75 Å². The molecule has 1 aliphatic rings. The zero-order chi connectivity index (χ0) is 11.9. The van der Waals surface area contributed by atoms with Gasteiger partial charge in [0.2, 0.25) is 0 Å². The van der Waals surface area contributed by atoms with Gasteiger partial charge in [-0.15, -0.1) is 0 Å². The Bertz CT molecular complexity index is 331. The molecule has 1 aromatic carbocycles. The quantitative estimate of drug-likeness (QED) is 0.844. The molecular weight excluding hydrogens is 210 g/mol. The van der Waals surface area contributed by atoms with Crippen molar-refractivity contribution in [1.29, 1.82) is 0 Å². The van der Waals surface area contributed by atoms with Crippen LogP contribution in [0.25, 0.3) is 0 Å². The van der Waals surface area contributed by atoms with E-state index in [9.17, 15) is 0 Å². The highest BCUT2D eigenvalue weighted by Gasteiger charge is 2.12. The van der Waals surface area contributed by atoms with Gasteiger partial charge >= 0.3 is 0 Å². The largest absolute Gasteiger partial charge is 0.497 e. The van der Waals surface area contributed by atoms with Gasteiger partial charge in [-0.05, 0) is 62.4 Å². The number of aryl methyl sites for hydroxylation is 1. The maximum atomic E-state index is 5.24. The lowest BCUT2D eigenvalue weighted by Gasteiger charge is -2.22. The monoisotopic (exact) mass is 233 g/mol. The van der Waals surface area contributed by atoms with Crippen molar-refractivity contribution < 1.29 is 4.74 Å². The van der Waals surface area contributed by atoms with E-state index in [0.717, 1.165) is 11.7 Å². The van der Waals surface area contributed by atoms with Crippen molar-refractivity contribution in [1.82, 2.24) is 5.32 Å². The van der Waals surface area contributed by atoms with Crippen LogP contribution in [-0.2, 0) is 6.42 Å². The Labute approximate surface area is 104 Å². The van der Waals surface area contributed by atoms with Gasteiger partial charge in [0.15, 0.2) is 0 Å². The maximum Gasteiger partial charge on any atom is 0.119 e. The Morgan fingerprint density at radius 2 is 2.12 bits per heavy atom. The van der Waals surface area contributed by atoms with E-state index in [2.05, 4.69) is 23.5 Å². The highest BCUT2D eigenvalue weighted by Crippen LogP contribution is 2.20. The Kier molecular flexibility index (Phi) is 4.87. The minimum Gasteiger partial charge on any atom is -0.497 e. The first-order valence-corrected chi connectivity index (χ1v) is 6.72. The van der Waals surface area contributed by atoms with Crippen molar-refractivity contribution in [2.24, 2.45) is 5.92 Å². The molecule has 0 aliphatic carbocycles. The Hall–Kier alpha value is -1.02. The second kappa shape index (κ2) is 6.65. The molecule has 94 valence electrons. The Balaban J connectivity index is 1.73. The lowest BCUT2D eigenvalue weighted by Crippen LogP contribution is -2.27. The molecule has 1 saturated heterocycles. The van der Waals surface area contributed by atoms with Gasteiger partial charge in [-0.1, -0.05) is 18.6 Å². The molecule has 1 heterocycles. The number of hydrogen-bond acceptors (Lipinski definition) is 2. The van der Waals surface area contributed by atoms with Crippen molar-refractivity contribution in [2.45, 2.75) is 32.1 Å². The van der Waals surface area contributed by atoms with E-state index < -0.39 is 0 Å². The number of nitrogens with one attached hydrogen (secondary N) is 1. The van der Waals surface area contributed by atoms with Crippen molar-refractivity contribution in [2.75, 3.05) is 20.2 Å². The second-order valence-electron chi connectivity index (χ2n) is 4.94. The predicted molar refractivity (Wildman–Crippen MR) is 71.5 cm³/mol. The van der Waals surface area contributed by atoms with Crippen LogP contribution in [0.3, 0.4) is 0 Å². The summed E-state index contributed by atoms with van der Waals surface area (Å²) in [6, 6.07) is 8.45. The molecule has 0 saturated carbocycles. The summed E-state index contributed by atoms with van der Waals surface area (Å²) in [4.78, 5) is 0. The SMILES string of the molecule is COc1cccc(CCCC2CCNCC2)c1. The summed E-state index contributed by atoms with van der Waals surface area (Å²) in [6.45, 7) is 2.42. The molecule has 0 spiro atoms. The van der Waals surface area contributed by atoms with Crippen molar-refractivity contribution in [3.05, 3.63) is 29.8 Å². The zero-order valence-corrected chi connectivity index (χ0v) is 10.7. The third kappa shape index (κ3) is 4.04. The number of benzene rings is 1. The van der Waals surface area contributed by atoms with Gasteiger partial charge in [0.05, 0.1) is 7.11 Å². The lowest BCUT2D eigenvalue weighted by molar-refractivity contribution is 0.347. The summed E-state index contributed by atoms with van der Waals surface area (Å²) in [5, 5.41) is 3.42. The van der Waals surface area contributed by atoms with Crippen LogP contribution >= 0.6 is 0 Å². The zero-order valence-electron chi connectivity index (χ0n) is 10.7. The average Bonchev–Trinajstić information content (AvgIpc) is 2.40. The topological polar surface area (TPSA) is 21.3 Å². The third-order valence-electron chi connectivity index (χ3n) is 3.67. The van der Waals surface area contributed by atoms with E-state index in [-0.39, 0.29) is 0 Å². The summed E-state index contributed by atoms with van der Waals surface area (Å²) >= 11 is 0. The standard InChI is InChI=1S/C15H23NO/c1-17-15-7-3-6-14(12-15)5-2-4-13-8-10-16-11-9-13/h3,6-7,12-13,16H,2,4-5,8-11H2,1H3. The fraction of sp³-hybridized carbons (Fsp3) is 0.600. The molecular formula is C15H23NO. The van der Waals surface area contributed by atoms with Crippen LogP contribution in [0.15, 0.2) is 24.3 Å². The summed E-state index contributed by atoms with van der Waals surface area (Å²) in [7, 11) is 1.73. The van der Waals surface area contributed by atoms with E-state index in [0.29, 0.717) is 0 Å². The van der Waals surface area contributed by atoms with Crippen LogP contribution in [0.2, 0.25) is 0 Å². The highest BCUT2D eigenvalue weighted by molar-refractivity contribution is 5.28. The molecule has 0 aromatic heterocycles. The number of ether oxygens (including phenoxy) is 1. The Morgan fingerprint density at radius 3 is 2.88 bits per heavy atom. The summed E-state index contributed by atoms with van der Waals surface area (Å²) < 4.78 is 5.24. The molecule has 2 heteroatoms. The van der Waals surface area contributed by atoms with E-state index in [1.807, 2.05) is 6.07 Å². The molecule has 2 nitrogen and oxygen atoms in total. The first-order valence-electron chi connectivity index (χ1n) is 6.72. The molecule has 1 fully saturated rings. The minimum atomic E-state index is 0.946. The normalized spacial score (nSPS) is 17.0. The van der Waals surface area contributed by atoms with Gasteiger partial charge in [0.25, 0.3) is 0 Å². The summed E-state index contributed by atoms with van der Waals surface area (Å²) in [5.41, 5.74) is 1.40.